The molecule has 0 aliphatic heterocycles. The summed E-state index contributed by atoms with van der Waals surface area (Å²) in [6.45, 7) is 1.85. The van der Waals surface area contributed by atoms with Gasteiger partial charge in [0.15, 0.2) is 11.5 Å². The van der Waals surface area contributed by atoms with Gasteiger partial charge in [-0.25, -0.2) is 4.68 Å². The number of benzene rings is 2. The van der Waals surface area contributed by atoms with Gasteiger partial charge in [-0.05, 0) is 37.3 Å². The predicted octanol–water partition coefficient (Wildman–Crippen LogP) is 4.02. The highest BCUT2D eigenvalue weighted by atomic mass is 35.5. The third-order valence-electron chi connectivity index (χ3n) is 4.48. The number of methoxy groups -OCH3 is 2. The standard InChI is InChI=1S/C20H17ClN6O3S/c1-11-17(24-26-27(11)12-8-9-16(30-3)14(21)10-12)18-22-20(31-25-18)23-19(28)13-6-4-5-7-15(13)29-2/h4-10H,1-3H3,(H,22,23,25,28). The topological polar surface area (TPSA) is 104 Å². The average molecular weight is 457 g/mol. The van der Waals surface area contributed by atoms with Crippen LogP contribution in [0.4, 0.5) is 5.13 Å². The lowest BCUT2D eigenvalue weighted by Crippen LogP contribution is -2.12. The Labute approximate surface area is 186 Å². The lowest BCUT2D eigenvalue weighted by molar-refractivity contribution is 0.102. The number of carbonyl (C=O) groups excluding carboxylic acids is 1. The number of ether oxygens (including phenoxy) is 2. The molecule has 4 rings (SSSR count). The number of anilines is 1. The van der Waals surface area contributed by atoms with Crippen molar-refractivity contribution in [3.63, 3.8) is 0 Å². The quantitative estimate of drug-likeness (QED) is 0.467. The van der Waals surface area contributed by atoms with E-state index in [0.717, 1.165) is 22.9 Å². The fourth-order valence-corrected chi connectivity index (χ4v) is 3.75. The van der Waals surface area contributed by atoms with Crippen LogP contribution in [-0.4, -0.2) is 44.5 Å². The van der Waals surface area contributed by atoms with Gasteiger partial charge in [0.25, 0.3) is 5.91 Å². The number of halogens is 1. The Bertz CT molecular complexity index is 1260. The molecule has 0 saturated carbocycles. The van der Waals surface area contributed by atoms with E-state index in [4.69, 9.17) is 21.1 Å². The van der Waals surface area contributed by atoms with Gasteiger partial charge < -0.3 is 9.47 Å². The maximum absolute atomic E-state index is 12.6. The minimum Gasteiger partial charge on any atom is -0.496 e. The van der Waals surface area contributed by atoms with E-state index in [1.807, 2.05) is 13.0 Å². The van der Waals surface area contributed by atoms with E-state index in [0.29, 0.717) is 38.7 Å². The minimum absolute atomic E-state index is 0.339. The van der Waals surface area contributed by atoms with Gasteiger partial charge in [0, 0.05) is 11.5 Å². The lowest BCUT2D eigenvalue weighted by Gasteiger charge is -2.07. The molecular formula is C20H17ClN6O3S. The third kappa shape index (κ3) is 4.07. The highest BCUT2D eigenvalue weighted by Crippen LogP contribution is 2.29. The molecule has 0 spiro atoms. The maximum Gasteiger partial charge on any atom is 0.261 e. The Morgan fingerprint density at radius 1 is 1.13 bits per heavy atom. The van der Waals surface area contributed by atoms with Crippen molar-refractivity contribution in [2.75, 3.05) is 19.5 Å². The number of nitrogens with zero attached hydrogens (tertiary/aromatic N) is 5. The summed E-state index contributed by atoms with van der Waals surface area (Å²) in [4.78, 5) is 17.0. The van der Waals surface area contributed by atoms with Crippen molar-refractivity contribution in [1.82, 2.24) is 24.4 Å². The van der Waals surface area contributed by atoms with Gasteiger partial charge >= 0.3 is 0 Å². The van der Waals surface area contributed by atoms with Crippen LogP contribution < -0.4 is 14.8 Å². The molecule has 2 aromatic heterocycles. The summed E-state index contributed by atoms with van der Waals surface area (Å²) in [6, 6.07) is 12.3. The Hall–Kier alpha value is -3.50. The van der Waals surface area contributed by atoms with Crippen LogP contribution in [0.5, 0.6) is 11.5 Å². The number of carbonyl (C=O) groups is 1. The van der Waals surface area contributed by atoms with Crippen LogP contribution in [0.15, 0.2) is 42.5 Å². The van der Waals surface area contributed by atoms with Gasteiger partial charge in [-0.3, -0.25) is 10.1 Å². The average Bonchev–Trinajstić information content (AvgIpc) is 3.39. The number of hydrogen-bond acceptors (Lipinski definition) is 8. The molecule has 4 aromatic rings. The van der Waals surface area contributed by atoms with Gasteiger partial charge in [0.05, 0.1) is 36.2 Å². The summed E-state index contributed by atoms with van der Waals surface area (Å²) < 4.78 is 16.4. The first-order valence-electron chi connectivity index (χ1n) is 9.06. The molecule has 0 fully saturated rings. The molecule has 1 N–H and O–H groups in total. The number of rotatable bonds is 6. The SMILES string of the molecule is COc1ccc(-n2nnc(-c3nsc(NC(=O)c4ccccc4OC)n3)c2C)cc1Cl. The second-order valence-electron chi connectivity index (χ2n) is 6.33. The zero-order chi connectivity index (χ0) is 22.0. The van der Waals surface area contributed by atoms with E-state index >= 15 is 0 Å². The van der Waals surface area contributed by atoms with Crippen LogP contribution >= 0.6 is 23.1 Å². The van der Waals surface area contributed by atoms with Crippen LogP contribution in [0.25, 0.3) is 17.2 Å². The molecule has 0 radical (unpaired) electrons. The normalized spacial score (nSPS) is 10.7. The van der Waals surface area contributed by atoms with Crippen LogP contribution in [-0.2, 0) is 0 Å². The van der Waals surface area contributed by atoms with Crippen LogP contribution in [0.2, 0.25) is 5.02 Å². The molecule has 0 atom stereocenters. The summed E-state index contributed by atoms with van der Waals surface area (Å²) in [6.07, 6.45) is 0. The second kappa shape index (κ2) is 8.70. The molecule has 2 aromatic carbocycles. The molecule has 158 valence electrons. The summed E-state index contributed by atoms with van der Waals surface area (Å²) in [5, 5.41) is 11.9. The number of hydrogen-bond donors (Lipinski definition) is 1. The van der Waals surface area contributed by atoms with E-state index in [1.54, 1.807) is 48.2 Å². The molecular weight excluding hydrogens is 440 g/mol. The van der Waals surface area contributed by atoms with Crippen molar-refractivity contribution in [2.45, 2.75) is 6.92 Å². The zero-order valence-corrected chi connectivity index (χ0v) is 18.4. The number of nitrogens with one attached hydrogen (secondary N) is 1. The molecule has 2 heterocycles. The first-order chi connectivity index (χ1) is 15.0. The van der Waals surface area contributed by atoms with Crippen molar-refractivity contribution < 1.29 is 14.3 Å². The van der Waals surface area contributed by atoms with Crippen LogP contribution in [0.1, 0.15) is 16.1 Å². The Morgan fingerprint density at radius 2 is 1.90 bits per heavy atom. The largest absolute Gasteiger partial charge is 0.496 e. The van der Waals surface area contributed by atoms with Crippen LogP contribution in [0, 0.1) is 6.92 Å². The first kappa shape index (κ1) is 20.8. The third-order valence-corrected chi connectivity index (χ3v) is 5.41. The molecule has 31 heavy (non-hydrogen) atoms. The number of para-hydroxylation sites is 1. The Morgan fingerprint density at radius 3 is 2.65 bits per heavy atom. The summed E-state index contributed by atoms with van der Waals surface area (Å²) in [5.41, 5.74) is 2.35. The monoisotopic (exact) mass is 456 g/mol. The Kier molecular flexibility index (Phi) is 5.83. The van der Waals surface area contributed by atoms with Crippen LogP contribution in [0.3, 0.4) is 0 Å². The van der Waals surface area contributed by atoms with Crippen molar-refractivity contribution in [3.8, 4) is 28.7 Å². The van der Waals surface area contributed by atoms with E-state index < -0.39 is 0 Å². The van der Waals surface area contributed by atoms with E-state index in [1.165, 1.54) is 7.11 Å². The zero-order valence-electron chi connectivity index (χ0n) is 16.8. The minimum atomic E-state index is -0.339. The lowest BCUT2D eigenvalue weighted by atomic mass is 10.2. The summed E-state index contributed by atoms with van der Waals surface area (Å²) in [7, 11) is 3.06. The van der Waals surface area contributed by atoms with Crippen molar-refractivity contribution in [1.29, 1.82) is 0 Å². The van der Waals surface area contributed by atoms with E-state index in [9.17, 15) is 4.79 Å². The second-order valence-corrected chi connectivity index (χ2v) is 7.49. The molecule has 0 saturated heterocycles. The van der Waals surface area contributed by atoms with E-state index in [-0.39, 0.29) is 5.91 Å². The molecule has 0 bridgehead atoms. The summed E-state index contributed by atoms with van der Waals surface area (Å²) in [5.74, 6) is 1.07. The fraction of sp³-hybridized carbons (Fsp3) is 0.150. The molecule has 9 nitrogen and oxygen atoms in total. The van der Waals surface area contributed by atoms with Gasteiger partial charge in [-0.15, -0.1) is 5.10 Å². The fourth-order valence-electron chi connectivity index (χ4n) is 2.94. The first-order valence-corrected chi connectivity index (χ1v) is 10.2. The highest BCUT2D eigenvalue weighted by Gasteiger charge is 2.19. The molecule has 0 aliphatic carbocycles. The van der Waals surface area contributed by atoms with Crippen molar-refractivity contribution in [3.05, 3.63) is 58.7 Å². The molecule has 1 amide bonds. The van der Waals surface area contributed by atoms with Crippen molar-refractivity contribution >= 4 is 34.2 Å². The smallest absolute Gasteiger partial charge is 0.261 e. The Balaban J connectivity index is 1.57. The van der Waals surface area contributed by atoms with Crippen molar-refractivity contribution in [2.24, 2.45) is 0 Å². The molecule has 11 heteroatoms. The van der Waals surface area contributed by atoms with Gasteiger partial charge in [-0.2, -0.15) is 9.36 Å². The number of aromatic nitrogens is 5. The molecule has 0 aliphatic rings. The van der Waals surface area contributed by atoms with Gasteiger partial charge in [0.1, 0.15) is 11.5 Å². The maximum atomic E-state index is 12.6. The molecule has 0 unspecified atom stereocenters. The van der Waals surface area contributed by atoms with E-state index in [2.05, 4.69) is 25.0 Å². The highest BCUT2D eigenvalue weighted by molar-refractivity contribution is 7.10. The number of amides is 1. The predicted molar refractivity (Wildman–Crippen MR) is 118 cm³/mol. The summed E-state index contributed by atoms with van der Waals surface area (Å²) >= 11 is 7.27. The van der Waals surface area contributed by atoms with Gasteiger partial charge in [0.2, 0.25) is 5.13 Å². The van der Waals surface area contributed by atoms with Gasteiger partial charge in [-0.1, -0.05) is 28.9 Å².